The van der Waals surface area contributed by atoms with Crippen LogP contribution in [0.25, 0.3) is 0 Å². The number of hydrogen-bond donors (Lipinski definition) is 0. The molecule has 0 bridgehead atoms. The molecular formula is C8H10Y2-2. The average molecular weight is 284 g/mol. The summed E-state index contributed by atoms with van der Waals surface area (Å²) in [6.07, 6.45) is 0. The van der Waals surface area contributed by atoms with Crippen molar-refractivity contribution < 1.29 is 65.4 Å². The van der Waals surface area contributed by atoms with Gasteiger partial charge in [-0.05, 0) is 0 Å². The van der Waals surface area contributed by atoms with Crippen LogP contribution in [0.1, 0.15) is 6.92 Å². The maximum atomic E-state index is 3.25. The van der Waals surface area contributed by atoms with Gasteiger partial charge in [0.25, 0.3) is 0 Å². The standard InChI is InChI=1S/C6H5.C2H5.2Y/c1-2-4-6-5-3-1;1-2;;/h1-5H;1H2,2H3;;/q2*-1;;. The van der Waals surface area contributed by atoms with Crippen molar-refractivity contribution in [3.63, 3.8) is 0 Å². The summed E-state index contributed by atoms with van der Waals surface area (Å²) in [6.45, 7) is 5.00. The fourth-order valence-corrected chi connectivity index (χ4v) is 0.342. The quantitative estimate of drug-likeness (QED) is 0.641. The van der Waals surface area contributed by atoms with Gasteiger partial charge in [-0.1, -0.05) is 0 Å². The molecule has 0 spiro atoms. The molecule has 10 heavy (non-hydrogen) atoms. The van der Waals surface area contributed by atoms with E-state index in [4.69, 9.17) is 0 Å². The third-order valence-corrected chi connectivity index (χ3v) is 0.607. The second kappa shape index (κ2) is 16.8. The maximum Gasteiger partial charge on any atom is 0 e. The Bertz CT molecular complexity index is 79.2. The van der Waals surface area contributed by atoms with Crippen molar-refractivity contribution in [1.29, 1.82) is 0 Å². The van der Waals surface area contributed by atoms with Crippen LogP contribution in [-0.4, -0.2) is 0 Å². The first kappa shape index (κ1) is 17.5. The van der Waals surface area contributed by atoms with Gasteiger partial charge in [-0.15, -0.1) is 0 Å². The zero-order valence-corrected chi connectivity index (χ0v) is 11.9. The van der Waals surface area contributed by atoms with Crippen LogP contribution in [0.4, 0.5) is 0 Å². The zero-order chi connectivity index (χ0) is 6.24. The summed E-state index contributed by atoms with van der Waals surface area (Å²) < 4.78 is 0. The van der Waals surface area contributed by atoms with E-state index in [0.29, 0.717) is 0 Å². The molecule has 0 N–H and O–H groups in total. The fraction of sp³-hybridized carbons (Fsp3) is 0.125. The van der Waals surface area contributed by atoms with Gasteiger partial charge in [-0.2, -0.15) is 43.3 Å². The first-order valence-corrected chi connectivity index (χ1v) is 2.62. The van der Waals surface area contributed by atoms with Crippen LogP contribution in [-0.2, 0) is 65.4 Å². The Balaban J connectivity index is -0.000000114. The second-order valence-electron chi connectivity index (χ2n) is 1.08. The van der Waals surface area contributed by atoms with Gasteiger partial charge >= 0.3 is 0 Å². The van der Waals surface area contributed by atoms with Crippen LogP contribution in [0.5, 0.6) is 0 Å². The van der Waals surface area contributed by atoms with E-state index in [0.717, 1.165) is 0 Å². The molecule has 0 aliphatic carbocycles. The van der Waals surface area contributed by atoms with Gasteiger partial charge in [0.1, 0.15) is 0 Å². The molecule has 0 saturated heterocycles. The van der Waals surface area contributed by atoms with Gasteiger partial charge in [0.2, 0.25) is 0 Å². The Kier molecular flexibility index (Phi) is 29.4. The molecule has 0 saturated carbocycles. The Morgan fingerprint density at radius 3 is 1.40 bits per heavy atom. The molecule has 50 valence electrons. The summed E-state index contributed by atoms with van der Waals surface area (Å²) in [5.41, 5.74) is 0. The molecule has 2 heteroatoms. The molecular weight excluding hydrogens is 274 g/mol. The predicted octanol–water partition coefficient (Wildman–Crippen LogP) is 2.32. The van der Waals surface area contributed by atoms with E-state index < -0.39 is 0 Å². The summed E-state index contributed by atoms with van der Waals surface area (Å²) in [5, 5.41) is 0. The third kappa shape index (κ3) is 12.1. The van der Waals surface area contributed by atoms with Crippen molar-refractivity contribution in [2.45, 2.75) is 6.92 Å². The summed E-state index contributed by atoms with van der Waals surface area (Å²) in [7, 11) is 0. The van der Waals surface area contributed by atoms with Crippen molar-refractivity contribution in [3.8, 4) is 0 Å². The first-order valence-electron chi connectivity index (χ1n) is 2.62. The van der Waals surface area contributed by atoms with E-state index in [1.807, 2.05) is 30.3 Å². The molecule has 0 unspecified atom stereocenters. The zero-order valence-electron chi connectivity index (χ0n) is 6.25. The largest absolute Gasteiger partial charge is 0.346 e. The molecule has 0 aromatic heterocycles. The number of benzene rings is 1. The minimum atomic E-state index is 0. The van der Waals surface area contributed by atoms with E-state index >= 15 is 0 Å². The molecule has 0 nitrogen and oxygen atoms in total. The van der Waals surface area contributed by atoms with Crippen LogP contribution >= 0.6 is 0 Å². The molecule has 0 aliphatic heterocycles. The van der Waals surface area contributed by atoms with E-state index in [1.54, 1.807) is 6.92 Å². The minimum absolute atomic E-state index is 0. The topological polar surface area (TPSA) is 0 Å². The van der Waals surface area contributed by atoms with Gasteiger partial charge in [-0.3, -0.25) is 0 Å². The van der Waals surface area contributed by atoms with Gasteiger partial charge in [-0.25, -0.2) is 0 Å². The van der Waals surface area contributed by atoms with Crippen molar-refractivity contribution in [2.75, 3.05) is 0 Å². The molecule has 1 rings (SSSR count). The second-order valence-corrected chi connectivity index (χ2v) is 1.08. The first-order chi connectivity index (χ1) is 4.00. The molecule has 0 atom stereocenters. The van der Waals surface area contributed by atoms with E-state index in [2.05, 4.69) is 13.0 Å². The Labute approximate surface area is 114 Å². The molecule has 1 aromatic carbocycles. The van der Waals surface area contributed by atoms with E-state index in [-0.39, 0.29) is 65.4 Å². The Morgan fingerprint density at radius 1 is 0.900 bits per heavy atom. The van der Waals surface area contributed by atoms with Gasteiger partial charge < -0.3 is 6.92 Å². The van der Waals surface area contributed by atoms with Crippen LogP contribution in [0, 0.1) is 13.0 Å². The summed E-state index contributed by atoms with van der Waals surface area (Å²) in [6, 6.07) is 12.5. The van der Waals surface area contributed by atoms with Crippen molar-refractivity contribution in [1.82, 2.24) is 0 Å². The van der Waals surface area contributed by atoms with Gasteiger partial charge in [0, 0.05) is 65.4 Å². The monoisotopic (exact) mass is 284 g/mol. The fourth-order valence-electron chi connectivity index (χ4n) is 0.342. The summed E-state index contributed by atoms with van der Waals surface area (Å²) in [4.78, 5) is 0. The van der Waals surface area contributed by atoms with E-state index in [9.17, 15) is 0 Å². The van der Waals surface area contributed by atoms with Crippen LogP contribution in [0.3, 0.4) is 0 Å². The normalized spacial score (nSPS) is 5.40. The molecule has 0 heterocycles. The number of rotatable bonds is 0. The minimum Gasteiger partial charge on any atom is -0.346 e. The average Bonchev–Trinajstić information content (AvgIpc) is 1.96. The third-order valence-electron chi connectivity index (χ3n) is 0.607. The molecule has 1 aromatic rings. The Morgan fingerprint density at radius 2 is 1.30 bits per heavy atom. The Hall–Kier alpha value is 1.43. The SMILES string of the molecule is [CH2-]C.[Y].[Y].[c-]1ccccc1. The van der Waals surface area contributed by atoms with Crippen molar-refractivity contribution in [2.24, 2.45) is 0 Å². The van der Waals surface area contributed by atoms with Crippen molar-refractivity contribution >= 4 is 0 Å². The molecule has 0 aliphatic rings. The van der Waals surface area contributed by atoms with Crippen LogP contribution in [0.15, 0.2) is 30.3 Å². The molecule has 0 amide bonds. The summed E-state index contributed by atoms with van der Waals surface area (Å²) >= 11 is 0. The van der Waals surface area contributed by atoms with E-state index in [1.165, 1.54) is 0 Å². The summed E-state index contributed by atoms with van der Waals surface area (Å²) in [5.74, 6) is 0. The van der Waals surface area contributed by atoms with Crippen LogP contribution < -0.4 is 0 Å². The van der Waals surface area contributed by atoms with Gasteiger partial charge in [0.15, 0.2) is 0 Å². The predicted molar refractivity (Wildman–Crippen MR) is 36.3 cm³/mol. The molecule has 0 fully saturated rings. The number of hydrogen-bond acceptors (Lipinski definition) is 0. The molecule has 2 radical (unpaired) electrons. The van der Waals surface area contributed by atoms with Crippen molar-refractivity contribution in [3.05, 3.63) is 43.3 Å². The smallest absolute Gasteiger partial charge is 0 e. The van der Waals surface area contributed by atoms with Gasteiger partial charge in [0.05, 0.1) is 0 Å². The van der Waals surface area contributed by atoms with Crippen LogP contribution in [0.2, 0.25) is 0 Å². The maximum absolute atomic E-state index is 3.25.